The monoisotopic (exact) mass is 572 g/mol. The zero-order valence-corrected chi connectivity index (χ0v) is 21.3. The molecular formula is C28H20F4N2O5S. The van der Waals surface area contributed by atoms with Crippen LogP contribution >= 0.6 is 0 Å². The first-order valence-corrected chi connectivity index (χ1v) is 13.4. The lowest BCUT2D eigenvalue weighted by molar-refractivity contribution is -0.137. The molecule has 4 aromatic rings. The molecule has 7 nitrogen and oxygen atoms in total. The van der Waals surface area contributed by atoms with Crippen LogP contribution in [0.25, 0.3) is 11.1 Å². The van der Waals surface area contributed by atoms with Gasteiger partial charge in [0.25, 0.3) is 10.0 Å². The number of ether oxygens (including phenoxy) is 1. The van der Waals surface area contributed by atoms with E-state index in [-0.39, 0.29) is 34.2 Å². The van der Waals surface area contributed by atoms with Crippen LogP contribution in [0.2, 0.25) is 0 Å². The molecule has 0 aliphatic carbocycles. The molecule has 1 aromatic heterocycles. The third-order valence-corrected chi connectivity index (χ3v) is 7.84. The van der Waals surface area contributed by atoms with E-state index in [4.69, 9.17) is 4.74 Å². The Balaban J connectivity index is 1.55. The summed E-state index contributed by atoms with van der Waals surface area (Å²) in [5.41, 5.74) is 0.893. The lowest BCUT2D eigenvalue weighted by Gasteiger charge is -2.29. The lowest BCUT2D eigenvalue weighted by atomic mass is 9.82. The highest BCUT2D eigenvalue weighted by Crippen LogP contribution is 2.44. The molecule has 0 fully saturated rings. The molecule has 5 rings (SSSR count). The molecule has 40 heavy (non-hydrogen) atoms. The zero-order chi connectivity index (χ0) is 28.7. The second-order valence-electron chi connectivity index (χ2n) is 9.02. The third kappa shape index (κ3) is 5.48. The van der Waals surface area contributed by atoms with Crippen molar-refractivity contribution in [1.82, 2.24) is 4.98 Å². The van der Waals surface area contributed by atoms with Gasteiger partial charge < -0.3 is 9.84 Å². The standard InChI is InChI=1S/C28H20F4N2O5S/c29-25-2-1-3-26(33-25)34-40(37,38)19-9-11-22-21(12-13-39-24(22)15-19)20-10-8-18(28(30,31)32)14-23(20)16-4-6-17(7-5-16)27(35)36/h1-11,14-15,21H,12-13H2,(H,33,34)(H,35,36)/t21-/m1/s1. The highest BCUT2D eigenvalue weighted by molar-refractivity contribution is 7.92. The van der Waals surface area contributed by atoms with Crippen molar-refractivity contribution in [3.05, 3.63) is 107 Å². The molecule has 0 saturated heterocycles. The molecule has 2 N–H and O–H groups in total. The molecule has 0 bridgehead atoms. The third-order valence-electron chi connectivity index (χ3n) is 6.49. The largest absolute Gasteiger partial charge is 0.493 e. The van der Waals surface area contributed by atoms with Gasteiger partial charge in [0.1, 0.15) is 11.6 Å². The van der Waals surface area contributed by atoms with Gasteiger partial charge in [0.2, 0.25) is 5.95 Å². The molecule has 1 atom stereocenters. The van der Waals surface area contributed by atoms with Gasteiger partial charge in [-0.1, -0.05) is 30.3 Å². The smallest absolute Gasteiger partial charge is 0.416 e. The maximum Gasteiger partial charge on any atom is 0.416 e. The average Bonchev–Trinajstić information content (AvgIpc) is 2.91. The van der Waals surface area contributed by atoms with Crippen LogP contribution in [0.1, 0.15) is 39.4 Å². The van der Waals surface area contributed by atoms with Crippen molar-refractivity contribution >= 4 is 21.8 Å². The molecule has 0 radical (unpaired) electrons. The van der Waals surface area contributed by atoms with Gasteiger partial charge >= 0.3 is 12.1 Å². The Labute approximate surface area is 226 Å². The second kappa shape index (κ2) is 10.3. The topological polar surface area (TPSA) is 106 Å². The first-order valence-electron chi connectivity index (χ1n) is 11.9. The Morgan fingerprint density at radius 3 is 2.38 bits per heavy atom. The highest BCUT2D eigenvalue weighted by atomic mass is 32.2. The number of hydrogen-bond donors (Lipinski definition) is 2. The number of pyridine rings is 1. The molecule has 3 aromatic carbocycles. The van der Waals surface area contributed by atoms with Crippen LogP contribution in [0.5, 0.6) is 5.75 Å². The van der Waals surface area contributed by atoms with Gasteiger partial charge in [-0.3, -0.25) is 4.72 Å². The van der Waals surface area contributed by atoms with Gasteiger partial charge in [0.15, 0.2) is 0 Å². The summed E-state index contributed by atoms with van der Waals surface area (Å²) in [5.74, 6) is -2.45. The van der Waals surface area contributed by atoms with Crippen LogP contribution < -0.4 is 9.46 Å². The number of nitrogens with one attached hydrogen (secondary N) is 1. The second-order valence-corrected chi connectivity index (χ2v) is 10.7. The number of nitrogens with zero attached hydrogens (tertiary/aromatic N) is 1. The number of sulfonamides is 1. The molecular weight excluding hydrogens is 552 g/mol. The van der Waals surface area contributed by atoms with Gasteiger partial charge in [-0.05, 0) is 65.6 Å². The summed E-state index contributed by atoms with van der Waals surface area (Å²) in [6, 6.07) is 16.7. The Bertz CT molecular complexity index is 1710. The van der Waals surface area contributed by atoms with Crippen molar-refractivity contribution in [1.29, 1.82) is 0 Å². The number of carboxylic acids is 1. The molecule has 0 unspecified atom stereocenters. The van der Waals surface area contributed by atoms with Crippen LogP contribution in [0.15, 0.2) is 83.8 Å². The molecule has 12 heteroatoms. The SMILES string of the molecule is O=C(O)c1ccc(-c2cc(C(F)(F)F)ccc2[C@H]2CCOc3cc(S(=O)(=O)Nc4cccc(F)n4)ccc32)cc1. The van der Waals surface area contributed by atoms with Crippen molar-refractivity contribution in [2.24, 2.45) is 0 Å². The van der Waals surface area contributed by atoms with E-state index < -0.39 is 39.6 Å². The number of carbonyl (C=O) groups is 1. The minimum atomic E-state index is -4.60. The number of aromatic carboxylic acids is 1. The van der Waals surface area contributed by atoms with Crippen molar-refractivity contribution in [2.45, 2.75) is 23.4 Å². The number of benzene rings is 3. The van der Waals surface area contributed by atoms with Crippen molar-refractivity contribution in [3.8, 4) is 16.9 Å². The fraction of sp³-hybridized carbons (Fsp3) is 0.143. The first-order chi connectivity index (χ1) is 18.9. The summed E-state index contributed by atoms with van der Waals surface area (Å²) >= 11 is 0. The number of anilines is 1. The lowest BCUT2D eigenvalue weighted by Crippen LogP contribution is -2.19. The maximum absolute atomic E-state index is 13.6. The van der Waals surface area contributed by atoms with E-state index in [1.54, 1.807) is 0 Å². The maximum atomic E-state index is 13.6. The van der Waals surface area contributed by atoms with Crippen LogP contribution in [0.3, 0.4) is 0 Å². The van der Waals surface area contributed by atoms with E-state index in [2.05, 4.69) is 9.71 Å². The van der Waals surface area contributed by atoms with Crippen molar-refractivity contribution in [2.75, 3.05) is 11.3 Å². The van der Waals surface area contributed by atoms with Crippen LogP contribution in [0.4, 0.5) is 23.4 Å². The molecule has 0 amide bonds. The van der Waals surface area contributed by atoms with Gasteiger partial charge in [0, 0.05) is 17.5 Å². The van der Waals surface area contributed by atoms with Crippen LogP contribution in [0, 0.1) is 5.95 Å². The van der Waals surface area contributed by atoms with Crippen molar-refractivity contribution in [3.63, 3.8) is 0 Å². The van der Waals surface area contributed by atoms with E-state index in [0.29, 0.717) is 23.1 Å². The van der Waals surface area contributed by atoms with Gasteiger partial charge in [-0.2, -0.15) is 17.6 Å². The summed E-state index contributed by atoms with van der Waals surface area (Å²) < 4.78 is 88.0. The van der Waals surface area contributed by atoms with E-state index in [1.807, 2.05) is 0 Å². The summed E-state index contributed by atoms with van der Waals surface area (Å²) in [7, 11) is -4.16. The number of rotatable bonds is 6. The summed E-state index contributed by atoms with van der Waals surface area (Å²) in [5, 5.41) is 9.21. The predicted molar refractivity (Wildman–Crippen MR) is 137 cm³/mol. The fourth-order valence-corrected chi connectivity index (χ4v) is 5.62. The number of fused-ring (bicyclic) bond motifs is 1. The van der Waals surface area contributed by atoms with Crippen molar-refractivity contribution < 1.29 is 40.6 Å². The Kier molecular flexibility index (Phi) is 6.96. The number of hydrogen-bond acceptors (Lipinski definition) is 5. The molecule has 1 aliphatic heterocycles. The molecule has 0 saturated carbocycles. The van der Waals surface area contributed by atoms with Gasteiger partial charge in [-0.15, -0.1) is 0 Å². The number of aromatic nitrogens is 1. The number of halogens is 4. The van der Waals surface area contributed by atoms with E-state index >= 15 is 0 Å². The Morgan fingerprint density at radius 1 is 0.975 bits per heavy atom. The Hall–Kier alpha value is -4.45. The normalized spacial score (nSPS) is 15.2. The van der Waals surface area contributed by atoms with E-state index in [1.165, 1.54) is 60.7 Å². The Morgan fingerprint density at radius 2 is 1.70 bits per heavy atom. The number of alkyl halides is 3. The van der Waals surface area contributed by atoms with Crippen LogP contribution in [-0.4, -0.2) is 31.1 Å². The first kappa shape index (κ1) is 27.1. The van der Waals surface area contributed by atoms with Gasteiger partial charge in [0.05, 0.1) is 22.6 Å². The minimum absolute atomic E-state index is 0.00974. The summed E-state index contributed by atoms with van der Waals surface area (Å²) in [6.07, 6.45) is -4.20. The average molecular weight is 573 g/mol. The van der Waals surface area contributed by atoms with E-state index in [0.717, 1.165) is 18.2 Å². The number of carboxylic acid groups (broad SMARTS) is 1. The quantitative estimate of drug-likeness (QED) is 0.207. The fourth-order valence-electron chi connectivity index (χ4n) is 4.60. The molecule has 206 valence electrons. The molecule has 1 aliphatic rings. The molecule has 2 heterocycles. The van der Waals surface area contributed by atoms with Gasteiger partial charge in [-0.25, -0.2) is 18.2 Å². The minimum Gasteiger partial charge on any atom is -0.493 e. The summed E-state index contributed by atoms with van der Waals surface area (Å²) in [6.45, 7) is 0.165. The summed E-state index contributed by atoms with van der Waals surface area (Å²) in [4.78, 5) is 14.6. The zero-order valence-electron chi connectivity index (χ0n) is 20.4. The highest BCUT2D eigenvalue weighted by Gasteiger charge is 2.33. The van der Waals surface area contributed by atoms with Crippen LogP contribution in [-0.2, 0) is 16.2 Å². The predicted octanol–water partition coefficient (Wildman–Crippen LogP) is 6.32. The van der Waals surface area contributed by atoms with E-state index in [9.17, 15) is 35.9 Å². The molecule has 0 spiro atoms.